The molecule has 0 aromatic heterocycles. The standard InChI is InChI=1S/C25H26/c1-4-5-9-19-15-23-17(2)14-18(3)25(24(23)16-19)22-13-8-11-20-10-6-7-12-21(20)22/h6-8,10-14,16H,4-5,9,15H2,1-3H3. The minimum atomic E-state index is 1.14. The topological polar surface area (TPSA) is 0 Å². The molecule has 0 radical (unpaired) electrons. The molecule has 0 atom stereocenters. The van der Waals surface area contributed by atoms with Crippen molar-refractivity contribution in [2.75, 3.05) is 0 Å². The Kier molecular flexibility index (Phi) is 4.21. The third kappa shape index (κ3) is 2.80. The van der Waals surface area contributed by atoms with Gasteiger partial charge in [0, 0.05) is 0 Å². The zero-order chi connectivity index (χ0) is 17.4. The van der Waals surface area contributed by atoms with Crippen molar-refractivity contribution in [2.45, 2.75) is 46.5 Å². The second-order valence-electron chi connectivity index (χ2n) is 7.39. The molecule has 1 aliphatic rings. The van der Waals surface area contributed by atoms with Crippen LogP contribution in [0.3, 0.4) is 0 Å². The molecule has 0 nitrogen and oxygen atoms in total. The number of allylic oxidation sites excluding steroid dienone is 1. The van der Waals surface area contributed by atoms with Crippen LogP contribution >= 0.6 is 0 Å². The fourth-order valence-corrected chi connectivity index (χ4v) is 4.30. The highest BCUT2D eigenvalue weighted by Gasteiger charge is 2.21. The maximum Gasteiger partial charge on any atom is -0.00550 e. The van der Waals surface area contributed by atoms with Gasteiger partial charge in [-0.05, 0) is 77.3 Å². The Labute approximate surface area is 151 Å². The van der Waals surface area contributed by atoms with E-state index < -0.39 is 0 Å². The van der Waals surface area contributed by atoms with Gasteiger partial charge in [0.15, 0.2) is 0 Å². The first-order valence-electron chi connectivity index (χ1n) is 9.49. The minimum absolute atomic E-state index is 1.14. The van der Waals surface area contributed by atoms with Gasteiger partial charge in [0.05, 0.1) is 0 Å². The van der Waals surface area contributed by atoms with Gasteiger partial charge in [-0.3, -0.25) is 0 Å². The zero-order valence-electron chi connectivity index (χ0n) is 15.5. The van der Waals surface area contributed by atoms with E-state index in [-0.39, 0.29) is 0 Å². The number of unbranched alkanes of at least 4 members (excludes halogenated alkanes) is 1. The van der Waals surface area contributed by atoms with Crippen molar-refractivity contribution in [1.29, 1.82) is 0 Å². The summed E-state index contributed by atoms with van der Waals surface area (Å²) >= 11 is 0. The van der Waals surface area contributed by atoms with Crippen molar-refractivity contribution in [3.05, 3.63) is 76.4 Å². The lowest BCUT2D eigenvalue weighted by molar-refractivity contribution is 0.779. The summed E-state index contributed by atoms with van der Waals surface area (Å²) in [6.45, 7) is 6.82. The van der Waals surface area contributed by atoms with Crippen molar-refractivity contribution in [3.8, 4) is 11.1 Å². The molecule has 0 heteroatoms. The molecule has 0 spiro atoms. The van der Waals surface area contributed by atoms with Crippen molar-refractivity contribution in [2.24, 2.45) is 0 Å². The van der Waals surface area contributed by atoms with E-state index in [1.807, 2.05) is 0 Å². The van der Waals surface area contributed by atoms with Gasteiger partial charge >= 0.3 is 0 Å². The Morgan fingerprint density at radius 1 is 0.920 bits per heavy atom. The molecular weight excluding hydrogens is 300 g/mol. The van der Waals surface area contributed by atoms with E-state index in [1.54, 1.807) is 11.1 Å². The number of hydrogen-bond donors (Lipinski definition) is 0. The summed E-state index contributed by atoms with van der Waals surface area (Å²) < 4.78 is 0. The molecule has 0 amide bonds. The molecule has 1 aliphatic carbocycles. The molecule has 0 bridgehead atoms. The highest BCUT2D eigenvalue weighted by Crippen LogP contribution is 2.41. The van der Waals surface area contributed by atoms with Gasteiger partial charge in [-0.2, -0.15) is 0 Å². The maximum absolute atomic E-state index is 2.49. The largest absolute Gasteiger partial charge is 0.0654 e. The van der Waals surface area contributed by atoms with Crippen LogP contribution in [0.4, 0.5) is 0 Å². The van der Waals surface area contributed by atoms with E-state index in [4.69, 9.17) is 0 Å². The molecule has 126 valence electrons. The lowest BCUT2D eigenvalue weighted by Crippen LogP contribution is -1.96. The maximum atomic E-state index is 2.49. The number of benzene rings is 3. The molecule has 3 aromatic carbocycles. The monoisotopic (exact) mass is 326 g/mol. The fraction of sp³-hybridized carbons (Fsp3) is 0.280. The van der Waals surface area contributed by atoms with Crippen LogP contribution in [0.2, 0.25) is 0 Å². The highest BCUT2D eigenvalue weighted by molar-refractivity contribution is 6.00. The molecule has 0 heterocycles. The summed E-state index contributed by atoms with van der Waals surface area (Å²) in [5.74, 6) is 0. The van der Waals surface area contributed by atoms with Gasteiger partial charge in [-0.1, -0.05) is 73.5 Å². The molecule has 0 N–H and O–H groups in total. The second-order valence-corrected chi connectivity index (χ2v) is 7.39. The van der Waals surface area contributed by atoms with Gasteiger partial charge in [-0.25, -0.2) is 0 Å². The van der Waals surface area contributed by atoms with Crippen LogP contribution in [0.1, 0.15) is 48.4 Å². The molecule has 3 aromatic rings. The van der Waals surface area contributed by atoms with E-state index in [9.17, 15) is 0 Å². The minimum Gasteiger partial charge on any atom is -0.0654 e. The summed E-state index contributed by atoms with van der Waals surface area (Å²) in [4.78, 5) is 0. The van der Waals surface area contributed by atoms with Gasteiger partial charge in [0.2, 0.25) is 0 Å². The van der Waals surface area contributed by atoms with Crippen molar-refractivity contribution < 1.29 is 0 Å². The molecule has 25 heavy (non-hydrogen) atoms. The van der Waals surface area contributed by atoms with Crippen LogP contribution < -0.4 is 0 Å². The Morgan fingerprint density at radius 2 is 1.72 bits per heavy atom. The van der Waals surface area contributed by atoms with Gasteiger partial charge in [0.1, 0.15) is 0 Å². The van der Waals surface area contributed by atoms with Gasteiger partial charge in [0.25, 0.3) is 0 Å². The Balaban J connectivity index is 1.94. The molecule has 0 aliphatic heterocycles. The molecule has 0 saturated carbocycles. The summed E-state index contributed by atoms with van der Waals surface area (Å²) in [5, 5.41) is 2.68. The van der Waals surface area contributed by atoms with Crippen molar-refractivity contribution in [1.82, 2.24) is 0 Å². The Bertz CT molecular complexity index is 967. The van der Waals surface area contributed by atoms with Crippen LogP contribution in [-0.4, -0.2) is 0 Å². The summed E-state index contributed by atoms with van der Waals surface area (Å²) in [6.07, 6.45) is 7.42. The molecule has 4 rings (SSSR count). The van der Waals surface area contributed by atoms with E-state index >= 15 is 0 Å². The SMILES string of the molecule is CCCCC1=Cc2c(c(C)cc(C)c2-c2cccc3ccccc23)C1. The Morgan fingerprint density at radius 3 is 2.56 bits per heavy atom. The highest BCUT2D eigenvalue weighted by atomic mass is 14.3. The quantitative estimate of drug-likeness (QED) is 0.473. The molecule has 0 saturated heterocycles. The first kappa shape index (κ1) is 16.1. The smallest absolute Gasteiger partial charge is 0.00550 e. The van der Waals surface area contributed by atoms with E-state index in [2.05, 4.69) is 75.4 Å². The average molecular weight is 326 g/mol. The predicted octanol–water partition coefficient (Wildman–Crippen LogP) is 7.25. The van der Waals surface area contributed by atoms with Gasteiger partial charge in [-0.15, -0.1) is 0 Å². The molecular formula is C25H26. The summed E-state index contributed by atoms with van der Waals surface area (Å²) in [7, 11) is 0. The second kappa shape index (κ2) is 6.52. The number of hydrogen-bond acceptors (Lipinski definition) is 0. The fourth-order valence-electron chi connectivity index (χ4n) is 4.30. The van der Waals surface area contributed by atoms with Crippen molar-refractivity contribution in [3.63, 3.8) is 0 Å². The lowest BCUT2D eigenvalue weighted by Gasteiger charge is -2.16. The zero-order valence-corrected chi connectivity index (χ0v) is 15.5. The normalized spacial score (nSPS) is 13.2. The van der Waals surface area contributed by atoms with E-state index in [0.29, 0.717) is 0 Å². The van der Waals surface area contributed by atoms with Crippen LogP contribution in [0.5, 0.6) is 0 Å². The first-order chi connectivity index (χ1) is 12.2. The van der Waals surface area contributed by atoms with Gasteiger partial charge < -0.3 is 0 Å². The third-order valence-electron chi connectivity index (χ3n) is 5.56. The summed E-state index contributed by atoms with van der Waals surface area (Å²) in [5.41, 5.74) is 10.3. The average Bonchev–Trinajstić information content (AvgIpc) is 3.04. The predicted molar refractivity (Wildman–Crippen MR) is 110 cm³/mol. The lowest BCUT2D eigenvalue weighted by atomic mass is 9.88. The molecule has 0 unspecified atom stereocenters. The van der Waals surface area contributed by atoms with Crippen LogP contribution in [-0.2, 0) is 6.42 Å². The molecule has 0 fully saturated rings. The Hall–Kier alpha value is -2.34. The number of rotatable bonds is 4. The van der Waals surface area contributed by atoms with Crippen LogP contribution in [0.15, 0.2) is 54.1 Å². The van der Waals surface area contributed by atoms with Crippen LogP contribution in [0, 0.1) is 13.8 Å². The van der Waals surface area contributed by atoms with Crippen molar-refractivity contribution >= 4 is 16.8 Å². The third-order valence-corrected chi connectivity index (χ3v) is 5.56. The van der Waals surface area contributed by atoms with Crippen LogP contribution in [0.25, 0.3) is 28.0 Å². The number of aryl methyl sites for hydroxylation is 2. The number of fused-ring (bicyclic) bond motifs is 2. The first-order valence-corrected chi connectivity index (χ1v) is 9.49. The summed E-state index contributed by atoms with van der Waals surface area (Å²) in [6, 6.07) is 17.8. The van der Waals surface area contributed by atoms with E-state index in [0.717, 1.165) is 6.42 Å². The van der Waals surface area contributed by atoms with E-state index in [1.165, 1.54) is 57.9 Å².